The summed E-state index contributed by atoms with van der Waals surface area (Å²) in [6.07, 6.45) is -4.37. The minimum atomic E-state index is -4.37. The summed E-state index contributed by atoms with van der Waals surface area (Å²) in [7, 11) is 0. The minimum absolute atomic E-state index is 0.0142. The first kappa shape index (κ1) is 15.6. The summed E-state index contributed by atoms with van der Waals surface area (Å²) in [6, 6.07) is 8.90. The number of benzene rings is 2. The molecule has 0 aliphatic carbocycles. The maximum Gasteiger partial charge on any atom is 0.416 e. The van der Waals surface area contributed by atoms with E-state index in [0.717, 1.165) is 12.1 Å². The third-order valence-electron chi connectivity index (χ3n) is 3.06. The van der Waals surface area contributed by atoms with Crippen LogP contribution in [0, 0.1) is 5.82 Å². The van der Waals surface area contributed by atoms with Gasteiger partial charge in [-0.15, -0.1) is 0 Å². The van der Waals surface area contributed by atoms with Crippen LogP contribution in [0.25, 0.3) is 0 Å². The van der Waals surface area contributed by atoms with E-state index in [2.05, 4.69) is 5.32 Å². The highest BCUT2D eigenvalue weighted by atomic mass is 35.5. The van der Waals surface area contributed by atoms with Crippen LogP contribution in [0.5, 0.6) is 0 Å². The van der Waals surface area contributed by atoms with Crippen molar-refractivity contribution in [3.8, 4) is 0 Å². The van der Waals surface area contributed by atoms with Crippen LogP contribution < -0.4 is 5.32 Å². The quantitative estimate of drug-likeness (QED) is 0.719. The Kier molecular flexibility index (Phi) is 4.42. The molecular weight excluding hydrogens is 306 g/mol. The number of nitrogens with one attached hydrogen (secondary N) is 1. The third-order valence-corrected chi connectivity index (χ3v) is 3.35. The Labute approximate surface area is 124 Å². The molecular formula is C15H12ClF4N. The van der Waals surface area contributed by atoms with E-state index in [9.17, 15) is 17.6 Å². The summed E-state index contributed by atoms with van der Waals surface area (Å²) in [5.74, 6) is -0.585. The molecule has 0 heterocycles. The van der Waals surface area contributed by atoms with Gasteiger partial charge in [0, 0.05) is 6.04 Å². The van der Waals surface area contributed by atoms with Crippen molar-refractivity contribution in [2.45, 2.75) is 19.1 Å². The van der Waals surface area contributed by atoms with Crippen molar-refractivity contribution < 1.29 is 17.6 Å². The normalized spacial score (nSPS) is 13.0. The molecule has 0 aromatic heterocycles. The molecule has 21 heavy (non-hydrogen) atoms. The molecule has 2 rings (SSSR count). The lowest BCUT2D eigenvalue weighted by Gasteiger charge is -2.17. The van der Waals surface area contributed by atoms with Gasteiger partial charge in [-0.05, 0) is 36.8 Å². The van der Waals surface area contributed by atoms with Crippen LogP contribution in [0.2, 0.25) is 5.02 Å². The van der Waals surface area contributed by atoms with Gasteiger partial charge in [-0.2, -0.15) is 13.2 Å². The molecule has 0 saturated carbocycles. The number of hydrogen-bond acceptors (Lipinski definition) is 1. The number of anilines is 1. The zero-order valence-corrected chi connectivity index (χ0v) is 11.8. The van der Waals surface area contributed by atoms with Gasteiger partial charge in [-0.1, -0.05) is 29.8 Å². The van der Waals surface area contributed by atoms with Crippen LogP contribution in [-0.4, -0.2) is 0 Å². The van der Waals surface area contributed by atoms with Crippen molar-refractivity contribution in [2.75, 3.05) is 5.32 Å². The number of rotatable bonds is 3. The predicted octanol–water partition coefficient (Wildman–Crippen LogP) is 5.67. The number of halogens is 5. The van der Waals surface area contributed by atoms with Gasteiger partial charge in [0.05, 0.1) is 16.3 Å². The van der Waals surface area contributed by atoms with Crippen molar-refractivity contribution in [1.82, 2.24) is 0 Å². The third kappa shape index (κ3) is 3.67. The predicted molar refractivity (Wildman–Crippen MR) is 74.9 cm³/mol. The zero-order chi connectivity index (χ0) is 15.6. The van der Waals surface area contributed by atoms with Crippen molar-refractivity contribution >= 4 is 17.3 Å². The van der Waals surface area contributed by atoms with Crippen LogP contribution in [-0.2, 0) is 6.18 Å². The molecule has 2 aromatic rings. The number of alkyl halides is 3. The molecule has 0 aliphatic heterocycles. The fraction of sp³-hybridized carbons (Fsp3) is 0.200. The van der Waals surface area contributed by atoms with E-state index in [1.54, 1.807) is 13.0 Å². The second-order valence-corrected chi connectivity index (χ2v) is 4.99. The highest BCUT2D eigenvalue weighted by Crippen LogP contribution is 2.31. The van der Waals surface area contributed by atoms with Gasteiger partial charge in [0.25, 0.3) is 0 Å². The molecule has 0 saturated heterocycles. The largest absolute Gasteiger partial charge is 0.416 e. The van der Waals surface area contributed by atoms with Crippen molar-refractivity contribution in [3.05, 3.63) is 64.4 Å². The Hall–Kier alpha value is -1.75. The molecule has 0 spiro atoms. The summed E-state index contributed by atoms with van der Waals surface area (Å²) in [4.78, 5) is 0. The highest BCUT2D eigenvalue weighted by Gasteiger charge is 2.30. The van der Waals surface area contributed by atoms with Crippen molar-refractivity contribution in [2.24, 2.45) is 0 Å². The molecule has 6 heteroatoms. The first-order valence-electron chi connectivity index (χ1n) is 6.16. The Balaban J connectivity index is 2.17. The lowest BCUT2D eigenvalue weighted by atomic mass is 10.1. The molecule has 1 atom stereocenters. The molecule has 0 aliphatic rings. The maximum absolute atomic E-state index is 13.8. The molecule has 0 amide bonds. The summed E-state index contributed by atoms with van der Waals surface area (Å²) in [5, 5.41) is 2.87. The van der Waals surface area contributed by atoms with E-state index in [1.165, 1.54) is 24.3 Å². The topological polar surface area (TPSA) is 12.0 Å². The van der Waals surface area contributed by atoms with Gasteiger partial charge >= 0.3 is 6.18 Å². The Morgan fingerprint density at radius 3 is 2.24 bits per heavy atom. The van der Waals surface area contributed by atoms with Crippen molar-refractivity contribution in [1.29, 1.82) is 0 Å². The van der Waals surface area contributed by atoms with Gasteiger partial charge in [-0.3, -0.25) is 0 Å². The lowest BCUT2D eigenvalue weighted by Crippen LogP contribution is -2.09. The summed E-state index contributed by atoms with van der Waals surface area (Å²) < 4.78 is 51.2. The van der Waals surface area contributed by atoms with Crippen LogP contribution in [0.4, 0.5) is 23.2 Å². The average Bonchev–Trinajstić information content (AvgIpc) is 2.43. The van der Waals surface area contributed by atoms with Crippen LogP contribution in [0.3, 0.4) is 0 Å². The molecule has 0 radical (unpaired) electrons. The highest BCUT2D eigenvalue weighted by molar-refractivity contribution is 6.31. The van der Waals surface area contributed by atoms with Gasteiger partial charge < -0.3 is 5.32 Å². The molecule has 0 fully saturated rings. The second kappa shape index (κ2) is 5.93. The van der Waals surface area contributed by atoms with Crippen LogP contribution in [0.1, 0.15) is 24.1 Å². The van der Waals surface area contributed by atoms with Gasteiger partial charge in [0.15, 0.2) is 5.82 Å². The second-order valence-electron chi connectivity index (χ2n) is 4.59. The van der Waals surface area contributed by atoms with E-state index in [-0.39, 0.29) is 16.8 Å². The summed E-state index contributed by atoms with van der Waals surface area (Å²) in [6.45, 7) is 1.73. The SMILES string of the molecule is CC(Nc1cccc(Cl)c1F)c1ccc(C(F)(F)F)cc1. The molecule has 0 bridgehead atoms. The Bertz CT molecular complexity index is 623. The fourth-order valence-electron chi connectivity index (χ4n) is 1.89. The fourth-order valence-corrected chi connectivity index (χ4v) is 2.07. The molecule has 2 aromatic carbocycles. The molecule has 112 valence electrons. The monoisotopic (exact) mass is 317 g/mol. The standard InChI is InChI=1S/C15H12ClF4N/c1-9(21-13-4-2-3-12(16)14(13)17)10-5-7-11(8-6-10)15(18,19)20/h2-9,21H,1H3. The van der Waals surface area contributed by atoms with Crippen LogP contribution >= 0.6 is 11.6 Å². The van der Waals surface area contributed by atoms with Gasteiger partial charge in [0.2, 0.25) is 0 Å². The summed E-state index contributed by atoms with van der Waals surface area (Å²) in [5.41, 5.74) is 0.102. The van der Waals surface area contributed by atoms with E-state index in [0.29, 0.717) is 5.56 Å². The van der Waals surface area contributed by atoms with Crippen LogP contribution in [0.15, 0.2) is 42.5 Å². The minimum Gasteiger partial charge on any atom is -0.376 e. The smallest absolute Gasteiger partial charge is 0.376 e. The van der Waals surface area contributed by atoms with Crippen molar-refractivity contribution in [3.63, 3.8) is 0 Å². The molecule has 1 N–H and O–H groups in total. The first-order chi connectivity index (χ1) is 9.79. The van der Waals surface area contributed by atoms with E-state index in [4.69, 9.17) is 11.6 Å². The first-order valence-corrected chi connectivity index (χ1v) is 6.54. The average molecular weight is 318 g/mol. The Morgan fingerprint density at radius 2 is 1.67 bits per heavy atom. The summed E-state index contributed by atoms with van der Waals surface area (Å²) >= 11 is 5.67. The Morgan fingerprint density at radius 1 is 1.05 bits per heavy atom. The van der Waals surface area contributed by atoms with E-state index in [1.807, 2.05) is 0 Å². The van der Waals surface area contributed by atoms with Gasteiger partial charge in [0.1, 0.15) is 0 Å². The lowest BCUT2D eigenvalue weighted by molar-refractivity contribution is -0.137. The molecule has 1 unspecified atom stereocenters. The van der Waals surface area contributed by atoms with E-state index < -0.39 is 17.6 Å². The van der Waals surface area contributed by atoms with Gasteiger partial charge in [-0.25, -0.2) is 4.39 Å². The molecule has 1 nitrogen and oxygen atoms in total. The maximum atomic E-state index is 13.8. The number of hydrogen-bond donors (Lipinski definition) is 1. The van der Waals surface area contributed by atoms with E-state index >= 15 is 0 Å². The zero-order valence-electron chi connectivity index (χ0n) is 11.0.